The summed E-state index contributed by atoms with van der Waals surface area (Å²) in [5.74, 6) is 0.990. The van der Waals surface area contributed by atoms with Crippen LogP contribution >= 0.6 is 24.8 Å². The summed E-state index contributed by atoms with van der Waals surface area (Å²) in [6, 6.07) is 1.23. The SMILES string of the molecule is CN(c1ncnc2c1ncn2C1CCCC1)C1CC1.Cl.Cl. The zero-order valence-corrected chi connectivity index (χ0v) is 13.7. The van der Waals surface area contributed by atoms with Crippen molar-refractivity contribution in [3.05, 3.63) is 12.7 Å². The van der Waals surface area contributed by atoms with Crippen molar-refractivity contribution < 1.29 is 0 Å². The van der Waals surface area contributed by atoms with E-state index in [0.717, 1.165) is 17.0 Å². The quantitative estimate of drug-likeness (QED) is 0.865. The highest BCUT2D eigenvalue weighted by Crippen LogP contribution is 2.35. The van der Waals surface area contributed by atoms with Gasteiger partial charge in [0, 0.05) is 19.1 Å². The molecule has 2 aromatic heterocycles. The first kappa shape index (κ1) is 16.3. The number of nitrogens with zero attached hydrogens (tertiary/aromatic N) is 5. The van der Waals surface area contributed by atoms with E-state index in [1.807, 2.05) is 6.33 Å². The van der Waals surface area contributed by atoms with Crippen molar-refractivity contribution in [2.45, 2.75) is 50.6 Å². The lowest BCUT2D eigenvalue weighted by atomic mass is 10.2. The van der Waals surface area contributed by atoms with Gasteiger partial charge in [0.2, 0.25) is 0 Å². The highest BCUT2D eigenvalue weighted by atomic mass is 35.5. The van der Waals surface area contributed by atoms with E-state index in [9.17, 15) is 0 Å². The first-order chi connectivity index (χ1) is 9.34. The van der Waals surface area contributed by atoms with Crippen LogP contribution in [0.2, 0.25) is 0 Å². The van der Waals surface area contributed by atoms with Crippen molar-refractivity contribution in [3.8, 4) is 0 Å². The Hall–Kier alpha value is -1.07. The van der Waals surface area contributed by atoms with Crippen LogP contribution in [-0.4, -0.2) is 32.6 Å². The molecule has 2 aliphatic rings. The summed E-state index contributed by atoms with van der Waals surface area (Å²) < 4.78 is 2.26. The summed E-state index contributed by atoms with van der Waals surface area (Å²) in [7, 11) is 2.12. The average molecular weight is 330 g/mol. The van der Waals surface area contributed by atoms with Crippen molar-refractivity contribution in [1.29, 1.82) is 0 Å². The van der Waals surface area contributed by atoms with Gasteiger partial charge in [0.05, 0.1) is 6.33 Å². The monoisotopic (exact) mass is 329 g/mol. The Morgan fingerprint density at radius 3 is 2.43 bits per heavy atom. The van der Waals surface area contributed by atoms with Crippen LogP contribution in [0.3, 0.4) is 0 Å². The Balaban J connectivity index is 0.000000807. The van der Waals surface area contributed by atoms with Gasteiger partial charge >= 0.3 is 0 Å². The van der Waals surface area contributed by atoms with E-state index in [2.05, 4.69) is 31.5 Å². The maximum absolute atomic E-state index is 4.59. The average Bonchev–Trinajstić information content (AvgIpc) is 2.98. The lowest BCUT2D eigenvalue weighted by Crippen LogP contribution is -2.21. The van der Waals surface area contributed by atoms with Gasteiger partial charge in [-0.1, -0.05) is 12.8 Å². The number of halogens is 2. The highest BCUT2D eigenvalue weighted by molar-refractivity contribution is 5.85. The minimum absolute atomic E-state index is 0. The van der Waals surface area contributed by atoms with Crippen molar-refractivity contribution >= 4 is 41.8 Å². The van der Waals surface area contributed by atoms with Gasteiger partial charge in [-0.05, 0) is 25.7 Å². The van der Waals surface area contributed by atoms with E-state index < -0.39 is 0 Å². The third-order valence-electron chi connectivity index (χ3n) is 4.49. The predicted octanol–water partition coefficient (Wildman–Crippen LogP) is 3.38. The van der Waals surface area contributed by atoms with Crippen molar-refractivity contribution in [3.63, 3.8) is 0 Å². The molecule has 116 valence electrons. The predicted molar refractivity (Wildman–Crippen MR) is 88.7 cm³/mol. The van der Waals surface area contributed by atoms with Gasteiger partial charge in [0.15, 0.2) is 17.0 Å². The lowest BCUT2D eigenvalue weighted by molar-refractivity contribution is 0.529. The Kier molecular flexibility index (Phi) is 4.94. The molecule has 5 nitrogen and oxygen atoms in total. The molecule has 2 heterocycles. The number of anilines is 1. The number of hydrogen-bond donors (Lipinski definition) is 0. The standard InChI is InChI=1S/C14H19N5.2ClH/c1-18(10-6-7-10)13-12-14(16-8-15-13)19(9-17-12)11-4-2-3-5-11;;/h8-11H,2-7H2,1H3;2*1H. The van der Waals surface area contributed by atoms with Crippen molar-refractivity contribution in [1.82, 2.24) is 19.5 Å². The van der Waals surface area contributed by atoms with E-state index in [1.54, 1.807) is 6.33 Å². The van der Waals surface area contributed by atoms with Gasteiger partial charge in [0.25, 0.3) is 0 Å². The first-order valence-electron chi connectivity index (χ1n) is 7.25. The molecular weight excluding hydrogens is 309 g/mol. The molecule has 0 radical (unpaired) electrons. The largest absolute Gasteiger partial charge is 0.355 e. The van der Waals surface area contributed by atoms with Crippen LogP contribution in [0.5, 0.6) is 0 Å². The smallest absolute Gasteiger partial charge is 0.165 e. The molecule has 7 heteroatoms. The molecule has 0 atom stereocenters. The fraction of sp³-hybridized carbons (Fsp3) is 0.643. The summed E-state index contributed by atoms with van der Waals surface area (Å²) in [5, 5.41) is 0. The number of aromatic nitrogens is 4. The molecule has 2 fully saturated rings. The third kappa shape index (κ3) is 2.81. The molecule has 0 bridgehead atoms. The molecule has 0 aliphatic heterocycles. The van der Waals surface area contributed by atoms with Gasteiger partial charge in [-0.3, -0.25) is 0 Å². The number of hydrogen-bond acceptors (Lipinski definition) is 4. The summed E-state index contributed by atoms with van der Waals surface area (Å²) in [6.45, 7) is 0. The molecule has 2 aromatic rings. The van der Waals surface area contributed by atoms with Gasteiger partial charge in [-0.25, -0.2) is 15.0 Å². The second-order valence-electron chi connectivity index (χ2n) is 5.80. The maximum atomic E-state index is 4.59. The molecule has 0 aromatic carbocycles. The van der Waals surface area contributed by atoms with Crippen LogP contribution in [0.1, 0.15) is 44.6 Å². The second-order valence-corrected chi connectivity index (χ2v) is 5.80. The Bertz CT molecular complexity index is 604. The Morgan fingerprint density at radius 2 is 1.76 bits per heavy atom. The van der Waals surface area contributed by atoms with Gasteiger partial charge in [-0.2, -0.15) is 0 Å². The van der Waals surface area contributed by atoms with Gasteiger partial charge in [0.1, 0.15) is 6.33 Å². The summed E-state index contributed by atoms with van der Waals surface area (Å²) in [5.41, 5.74) is 1.97. The van der Waals surface area contributed by atoms with Gasteiger partial charge in [-0.15, -0.1) is 24.8 Å². The zero-order chi connectivity index (χ0) is 12.8. The Morgan fingerprint density at radius 1 is 1.05 bits per heavy atom. The molecule has 2 saturated carbocycles. The molecule has 4 rings (SSSR count). The van der Waals surface area contributed by atoms with E-state index in [-0.39, 0.29) is 24.8 Å². The van der Waals surface area contributed by atoms with E-state index >= 15 is 0 Å². The fourth-order valence-corrected chi connectivity index (χ4v) is 3.18. The zero-order valence-electron chi connectivity index (χ0n) is 12.1. The van der Waals surface area contributed by atoms with Gasteiger partial charge < -0.3 is 9.47 Å². The maximum Gasteiger partial charge on any atom is 0.165 e. The molecule has 21 heavy (non-hydrogen) atoms. The van der Waals surface area contributed by atoms with Crippen molar-refractivity contribution in [2.24, 2.45) is 0 Å². The van der Waals surface area contributed by atoms with Crippen LogP contribution in [0, 0.1) is 0 Å². The van der Waals surface area contributed by atoms with E-state index in [4.69, 9.17) is 0 Å². The van der Waals surface area contributed by atoms with E-state index in [0.29, 0.717) is 12.1 Å². The van der Waals surface area contributed by atoms with Crippen LogP contribution in [-0.2, 0) is 0 Å². The number of fused-ring (bicyclic) bond motifs is 1. The molecule has 0 spiro atoms. The molecule has 0 unspecified atom stereocenters. The topological polar surface area (TPSA) is 46.8 Å². The fourth-order valence-electron chi connectivity index (χ4n) is 3.18. The third-order valence-corrected chi connectivity index (χ3v) is 4.49. The molecule has 0 N–H and O–H groups in total. The van der Waals surface area contributed by atoms with Crippen LogP contribution in [0.15, 0.2) is 12.7 Å². The number of imidazole rings is 1. The minimum Gasteiger partial charge on any atom is -0.355 e. The second kappa shape index (κ2) is 6.36. The molecular formula is C14H21Cl2N5. The van der Waals surface area contributed by atoms with E-state index in [1.165, 1.54) is 38.5 Å². The van der Waals surface area contributed by atoms with Crippen molar-refractivity contribution in [2.75, 3.05) is 11.9 Å². The number of rotatable bonds is 3. The molecule has 0 saturated heterocycles. The summed E-state index contributed by atoms with van der Waals surface area (Å²) in [4.78, 5) is 15.8. The normalized spacial score (nSPS) is 18.3. The summed E-state index contributed by atoms with van der Waals surface area (Å²) >= 11 is 0. The lowest BCUT2D eigenvalue weighted by Gasteiger charge is -2.17. The van der Waals surface area contributed by atoms with Crippen LogP contribution < -0.4 is 4.90 Å². The highest BCUT2D eigenvalue weighted by Gasteiger charge is 2.29. The Labute approximate surface area is 137 Å². The minimum atomic E-state index is 0. The van der Waals surface area contributed by atoms with Crippen LogP contribution in [0.4, 0.5) is 5.82 Å². The summed E-state index contributed by atoms with van der Waals surface area (Å²) in [6.07, 6.45) is 11.3. The molecule has 2 aliphatic carbocycles. The molecule has 0 amide bonds. The first-order valence-corrected chi connectivity index (χ1v) is 7.25. The van der Waals surface area contributed by atoms with Crippen LogP contribution in [0.25, 0.3) is 11.2 Å².